The van der Waals surface area contributed by atoms with Crippen LogP contribution in [0.3, 0.4) is 0 Å². The molecule has 2 unspecified atom stereocenters. The maximum Gasteiger partial charge on any atom is 0.320 e. The molecule has 2 aromatic carbocycles. The molecule has 0 fully saturated rings. The number of amides is 2. The Morgan fingerprint density at radius 1 is 0.679 bits per heavy atom. The molecule has 0 spiro atoms. The van der Waals surface area contributed by atoms with E-state index >= 15 is 0 Å². The van der Waals surface area contributed by atoms with E-state index in [2.05, 4.69) is 10.6 Å². The first-order chi connectivity index (χ1) is 13.1. The summed E-state index contributed by atoms with van der Waals surface area (Å²) in [4.78, 5) is 12.4. The molecule has 2 rings (SSSR count). The zero-order chi connectivity index (χ0) is 20.8. The molecule has 0 heterocycles. The topological polar surface area (TPSA) is 59.6 Å². The number of halogens is 6. The second kappa shape index (κ2) is 10.2. The van der Waals surface area contributed by atoms with Crippen molar-refractivity contribution in [3.05, 3.63) is 60.7 Å². The molecule has 0 aliphatic heterocycles. The highest BCUT2D eigenvalue weighted by atomic mass is 35.6. The third-order valence-electron chi connectivity index (χ3n) is 3.11. The molecule has 2 amide bonds. The number of hydrogen-bond donors (Lipinski definition) is 2. The molecule has 0 saturated carbocycles. The highest BCUT2D eigenvalue weighted by molar-refractivity contribution is 6.68. The van der Waals surface area contributed by atoms with Gasteiger partial charge in [-0.2, -0.15) is 0 Å². The van der Waals surface area contributed by atoms with E-state index in [1.165, 1.54) is 0 Å². The number of urea groups is 1. The highest BCUT2D eigenvalue weighted by Gasteiger charge is 2.40. The molecule has 0 bridgehead atoms. The third kappa shape index (κ3) is 7.82. The van der Waals surface area contributed by atoms with E-state index in [9.17, 15) is 4.79 Å². The first-order valence-electron chi connectivity index (χ1n) is 7.69. The van der Waals surface area contributed by atoms with Gasteiger partial charge in [0.15, 0.2) is 0 Å². The summed E-state index contributed by atoms with van der Waals surface area (Å²) in [6.45, 7) is 0. The molecule has 2 atom stereocenters. The molecule has 0 aliphatic rings. The number of hydrogen-bond acceptors (Lipinski definition) is 3. The number of para-hydroxylation sites is 2. The van der Waals surface area contributed by atoms with E-state index in [0.717, 1.165) is 0 Å². The molecule has 0 saturated heterocycles. The number of benzene rings is 2. The van der Waals surface area contributed by atoms with Crippen molar-refractivity contribution in [2.45, 2.75) is 20.0 Å². The van der Waals surface area contributed by atoms with E-state index < -0.39 is 26.1 Å². The number of carbonyl (C=O) groups is 1. The molecule has 2 N–H and O–H groups in total. The Labute approximate surface area is 192 Å². The van der Waals surface area contributed by atoms with Crippen molar-refractivity contribution in [2.24, 2.45) is 0 Å². The van der Waals surface area contributed by atoms with Gasteiger partial charge in [-0.25, -0.2) is 4.79 Å². The number of alkyl halides is 6. The summed E-state index contributed by atoms with van der Waals surface area (Å²) in [5.41, 5.74) is 0. The summed E-state index contributed by atoms with van der Waals surface area (Å²) < 4.78 is 7.09. The summed E-state index contributed by atoms with van der Waals surface area (Å²) in [5.74, 6) is 0.746. The largest absolute Gasteiger partial charge is 0.466 e. The van der Waals surface area contributed by atoms with Crippen LogP contribution >= 0.6 is 69.6 Å². The molecule has 0 radical (unpaired) electrons. The van der Waals surface area contributed by atoms with Crippen molar-refractivity contribution in [3.8, 4) is 11.5 Å². The van der Waals surface area contributed by atoms with Crippen molar-refractivity contribution >= 4 is 75.6 Å². The Balaban J connectivity index is 2.08. The molecule has 152 valence electrons. The summed E-state index contributed by atoms with van der Waals surface area (Å²) >= 11 is 35.4. The highest BCUT2D eigenvalue weighted by Crippen LogP contribution is 2.33. The molecular weight excluding hydrogens is 493 g/mol. The SMILES string of the molecule is O=C(NC(Oc1ccccc1)C(Cl)(Cl)Cl)NC(Oc1ccccc1)C(Cl)(Cl)Cl. The van der Waals surface area contributed by atoms with Gasteiger partial charge in [-0.1, -0.05) is 106 Å². The lowest BCUT2D eigenvalue weighted by Crippen LogP contribution is -2.56. The maximum atomic E-state index is 12.4. The van der Waals surface area contributed by atoms with Crippen molar-refractivity contribution in [3.63, 3.8) is 0 Å². The fourth-order valence-electron chi connectivity index (χ4n) is 1.91. The maximum absolute atomic E-state index is 12.4. The minimum atomic E-state index is -1.98. The number of rotatable bonds is 6. The van der Waals surface area contributed by atoms with Crippen LogP contribution in [0.1, 0.15) is 0 Å². The molecule has 11 heteroatoms. The predicted octanol–water partition coefficient (Wildman–Crippen LogP) is 5.84. The number of ether oxygens (including phenoxy) is 2. The summed E-state index contributed by atoms with van der Waals surface area (Å²) in [5, 5.41) is 4.74. The van der Waals surface area contributed by atoms with Gasteiger partial charge in [-0.05, 0) is 24.3 Å². The normalized spacial score (nSPS) is 13.9. The lowest BCUT2D eigenvalue weighted by Gasteiger charge is -2.29. The Morgan fingerprint density at radius 3 is 1.29 bits per heavy atom. The van der Waals surface area contributed by atoms with Crippen LogP contribution in [0.15, 0.2) is 60.7 Å². The molecular formula is C17H14Cl6N2O3. The fraction of sp³-hybridized carbons (Fsp3) is 0.235. The predicted molar refractivity (Wildman–Crippen MR) is 114 cm³/mol. The van der Waals surface area contributed by atoms with Gasteiger partial charge in [0.05, 0.1) is 0 Å². The lowest BCUT2D eigenvalue weighted by atomic mass is 10.3. The Morgan fingerprint density at radius 2 is 1.00 bits per heavy atom. The van der Waals surface area contributed by atoms with Gasteiger partial charge >= 0.3 is 6.03 Å². The van der Waals surface area contributed by atoms with Gasteiger partial charge in [0.1, 0.15) is 11.5 Å². The van der Waals surface area contributed by atoms with Crippen LogP contribution in [-0.4, -0.2) is 26.1 Å². The summed E-state index contributed by atoms with van der Waals surface area (Å²) in [6.07, 6.45) is -2.68. The molecule has 2 aromatic rings. The fourth-order valence-corrected chi connectivity index (χ4v) is 2.50. The summed E-state index contributed by atoms with van der Waals surface area (Å²) in [6, 6.07) is 16.1. The van der Waals surface area contributed by atoms with E-state index in [-0.39, 0.29) is 0 Å². The zero-order valence-electron chi connectivity index (χ0n) is 13.9. The smallest absolute Gasteiger partial charge is 0.320 e. The van der Waals surface area contributed by atoms with E-state index in [4.69, 9.17) is 79.1 Å². The second-order valence-electron chi connectivity index (χ2n) is 5.32. The molecule has 0 aliphatic carbocycles. The van der Waals surface area contributed by atoms with E-state index in [0.29, 0.717) is 11.5 Å². The minimum Gasteiger partial charge on any atom is -0.466 e. The van der Waals surface area contributed by atoms with E-state index in [1.807, 2.05) is 0 Å². The number of carbonyl (C=O) groups excluding carboxylic acids is 1. The third-order valence-corrected chi connectivity index (χ3v) is 4.30. The first-order valence-corrected chi connectivity index (χ1v) is 9.96. The monoisotopic (exact) mass is 504 g/mol. The second-order valence-corrected chi connectivity index (χ2v) is 10.1. The summed E-state index contributed by atoms with van der Waals surface area (Å²) in [7, 11) is 0. The van der Waals surface area contributed by atoms with Crippen LogP contribution in [-0.2, 0) is 0 Å². The Hall–Kier alpha value is -0.950. The van der Waals surface area contributed by atoms with Gasteiger partial charge in [-0.15, -0.1) is 0 Å². The number of nitrogens with one attached hydrogen (secondary N) is 2. The molecule has 28 heavy (non-hydrogen) atoms. The Kier molecular flexibility index (Phi) is 8.49. The van der Waals surface area contributed by atoms with Gasteiger partial charge < -0.3 is 9.47 Å². The van der Waals surface area contributed by atoms with Crippen LogP contribution in [0.25, 0.3) is 0 Å². The van der Waals surface area contributed by atoms with Gasteiger partial charge in [-0.3, -0.25) is 10.6 Å². The molecule has 5 nitrogen and oxygen atoms in total. The van der Waals surface area contributed by atoms with Crippen LogP contribution in [0.4, 0.5) is 4.79 Å². The standard InChI is InChI=1S/C17H14Cl6N2O3/c18-16(19,20)13(27-11-7-3-1-4-8-11)24-15(26)25-14(17(21,22)23)28-12-9-5-2-6-10-12/h1-10,13-14H,(H2,24,25,26). The molecule has 0 aromatic heterocycles. The van der Waals surface area contributed by atoms with Gasteiger partial charge in [0, 0.05) is 0 Å². The van der Waals surface area contributed by atoms with Crippen LogP contribution in [0, 0.1) is 0 Å². The van der Waals surface area contributed by atoms with Gasteiger partial charge in [0.25, 0.3) is 0 Å². The van der Waals surface area contributed by atoms with Crippen LogP contribution in [0.2, 0.25) is 0 Å². The minimum absolute atomic E-state index is 0.373. The zero-order valence-corrected chi connectivity index (χ0v) is 18.5. The van der Waals surface area contributed by atoms with Crippen molar-refractivity contribution in [1.29, 1.82) is 0 Å². The van der Waals surface area contributed by atoms with Crippen molar-refractivity contribution < 1.29 is 14.3 Å². The average molecular weight is 507 g/mol. The van der Waals surface area contributed by atoms with Crippen molar-refractivity contribution in [2.75, 3.05) is 0 Å². The quantitative estimate of drug-likeness (QED) is 0.382. The van der Waals surface area contributed by atoms with Crippen LogP contribution in [0.5, 0.6) is 11.5 Å². The first kappa shape index (κ1) is 23.3. The van der Waals surface area contributed by atoms with Crippen LogP contribution < -0.4 is 20.1 Å². The van der Waals surface area contributed by atoms with Gasteiger partial charge in [0.2, 0.25) is 20.0 Å². The van der Waals surface area contributed by atoms with Crippen molar-refractivity contribution in [1.82, 2.24) is 10.6 Å². The lowest BCUT2D eigenvalue weighted by molar-refractivity contribution is 0.141. The average Bonchev–Trinajstić information content (AvgIpc) is 2.61. The van der Waals surface area contributed by atoms with E-state index in [1.54, 1.807) is 60.7 Å². The Bertz CT molecular complexity index is 689.